The number of hydrogen-bond acceptors (Lipinski definition) is 5. The highest BCUT2D eigenvalue weighted by Crippen LogP contribution is 2.13. The molecule has 0 aliphatic carbocycles. The Balaban J connectivity index is 0.00000243. The Morgan fingerprint density at radius 3 is 2.69 bits per heavy atom. The van der Waals surface area contributed by atoms with Gasteiger partial charge in [-0.05, 0) is 26.0 Å². The summed E-state index contributed by atoms with van der Waals surface area (Å²) in [6.45, 7) is 9.66. The van der Waals surface area contributed by atoms with Crippen molar-refractivity contribution < 1.29 is 0 Å². The summed E-state index contributed by atoms with van der Waals surface area (Å²) >= 11 is 1.70. The fourth-order valence-electron chi connectivity index (χ4n) is 2.91. The van der Waals surface area contributed by atoms with Crippen molar-refractivity contribution in [1.82, 2.24) is 20.2 Å². The van der Waals surface area contributed by atoms with Crippen LogP contribution in [0, 0.1) is 6.92 Å². The molecule has 0 aromatic carbocycles. The average molecular weight is 486 g/mol. The second kappa shape index (κ2) is 10.7. The summed E-state index contributed by atoms with van der Waals surface area (Å²) in [5.41, 5.74) is 1.14. The number of thiazole rings is 1. The van der Waals surface area contributed by atoms with E-state index in [9.17, 15) is 0 Å². The maximum atomic E-state index is 4.80. The molecule has 0 bridgehead atoms. The van der Waals surface area contributed by atoms with Crippen molar-refractivity contribution in [3.63, 3.8) is 0 Å². The second-order valence-electron chi connectivity index (χ2n) is 6.01. The molecule has 3 rings (SSSR count). The van der Waals surface area contributed by atoms with Crippen LogP contribution in [0.25, 0.3) is 0 Å². The summed E-state index contributed by atoms with van der Waals surface area (Å²) < 4.78 is 0. The number of aromatic nitrogens is 2. The lowest BCUT2D eigenvalue weighted by Crippen LogP contribution is -2.52. The Morgan fingerprint density at radius 2 is 2.08 bits per heavy atom. The summed E-state index contributed by atoms with van der Waals surface area (Å²) in [6.07, 6.45) is 2.75. The summed E-state index contributed by atoms with van der Waals surface area (Å²) in [7, 11) is 0. The summed E-state index contributed by atoms with van der Waals surface area (Å²) in [5.74, 6) is 2.07. The van der Waals surface area contributed by atoms with Gasteiger partial charge in [0.25, 0.3) is 0 Å². The van der Waals surface area contributed by atoms with Crippen LogP contribution in [0.4, 0.5) is 5.82 Å². The number of anilines is 1. The molecule has 0 radical (unpaired) electrons. The lowest BCUT2D eigenvalue weighted by atomic mass is 10.3. The molecule has 0 unspecified atom stereocenters. The fraction of sp³-hybridized carbons (Fsp3) is 0.500. The molecule has 6 nitrogen and oxygen atoms in total. The van der Waals surface area contributed by atoms with Crippen molar-refractivity contribution in [1.29, 1.82) is 0 Å². The van der Waals surface area contributed by atoms with Crippen LogP contribution in [0.3, 0.4) is 0 Å². The normalized spacial score (nSPS) is 14.9. The van der Waals surface area contributed by atoms with E-state index < -0.39 is 0 Å². The van der Waals surface area contributed by atoms with Gasteiger partial charge in [0.1, 0.15) is 5.82 Å². The number of aryl methyl sites for hydroxylation is 1. The number of nitrogens with one attached hydrogen (secondary N) is 1. The number of rotatable bonds is 5. The molecular weight excluding hydrogens is 459 g/mol. The number of guanidine groups is 1. The van der Waals surface area contributed by atoms with Gasteiger partial charge in [-0.3, -0.25) is 4.99 Å². The standard InChI is InChI=1S/C18H26N6S.HI/c1-3-19-18(21-9-7-16-14-25-15(2)22-16)24-12-10-23(11-13-24)17-6-4-5-8-20-17;/h4-6,8,14H,3,7,9-13H2,1-2H3,(H,19,21);1H. The molecular formula is C18H27IN6S. The molecule has 0 saturated carbocycles. The van der Waals surface area contributed by atoms with Gasteiger partial charge < -0.3 is 15.1 Å². The second-order valence-corrected chi connectivity index (χ2v) is 7.07. The summed E-state index contributed by atoms with van der Waals surface area (Å²) in [5, 5.41) is 6.67. The van der Waals surface area contributed by atoms with E-state index in [1.165, 1.54) is 0 Å². The first-order valence-electron chi connectivity index (χ1n) is 8.86. The monoisotopic (exact) mass is 486 g/mol. The van der Waals surface area contributed by atoms with E-state index in [0.717, 1.165) is 68.2 Å². The smallest absolute Gasteiger partial charge is 0.194 e. The van der Waals surface area contributed by atoms with E-state index in [2.05, 4.69) is 43.5 Å². The zero-order chi connectivity index (χ0) is 17.5. The maximum absolute atomic E-state index is 4.80. The SMILES string of the molecule is CCNC(=NCCc1csc(C)n1)N1CCN(c2ccccn2)CC1.I. The third-order valence-corrected chi connectivity index (χ3v) is 5.01. The predicted octanol–water partition coefficient (Wildman–Crippen LogP) is 2.79. The average Bonchev–Trinajstić information content (AvgIpc) is 3.07. The van der Waals surface area contributed by atoms with E-state index >= 15 is 0 Å². The molecule has 0 amide bonds. The van der Waals surface area contributed by atoms with E-state index in [-0.39, 0.29) is 24.0 Å². The quantitative estimate of drug-likeness (QED) is 0.400. The minimum Gasteiger partial charge on any atom is -0.357 e. The molecule has 1 aliphatic rings. The Bertz CT molecular complexity index is 682. The number of piperazine rings is 1. The molecule has 26 heavy (non-hydrogen) atoms. The highest BCUT2D eigenvalue weighted by molar-refractivity contribution is 14.0. The molecule has 3 heterocycles. The van der Waals surface area contributed by atoms with Crippen LogP contribution in [-0.4, -0.2) is 60.1 Å². The van der Waals surface area contributed by atoms with Crippen molar-refractivity contribution in [2.75, 3.05) is 44.2 Å². The first kappa shape index (κ1) is 20.9. The Hall–Kier alpha value is -1.42. The van der Waals surface area contributed by atoms with Crippen LogP contribution in [0.1, 0.15) is 17.6 Å². The molecule has 1 N–H and O–H groups in total. The van der Waals surface area contributed by atoms with Crippen molar-refractivity contribution in [2.45, 2.75) is 20.3 Å². The first-order chi connectivity index (χ1) is 12.3. The summed E-state index contributed by atoms with van der Waals surface area (Å²) in [6, 6.07) is 6.07. The van der Waals surface area contributed by atoms with E-state index in [1.807, 2.05) is 25.3 Å². The lowest BCUT2D eigenvalue weighted by Gasteiger charge is -2.37. The third-order valence-electron chi connectivity index (χ3n) is 4.18. The molecule has 0 spiro atoms. The van der Waals surface area contributed by atoms with Gasteiger partial charge in [-0.15, -0.1) is 35.3 Å². The van der Waals surface area contributed by atoms with Gasteiger partial charge in [-0.2, -0.15) is 0 Å². The van der Waals surface area contributed by atoms with Gasteiger partial charge >= 0.3 is 0 Å². The van der Waals surface area contributed by atoms with Gasteiger partial charge in [0, 0.05) is 57.3 Å². The Kier molecular flexibility index (Phi) is 8.56. The van der Waals surface area contributed by atoms with Gasteiger partial charge in [-0.25, -0.2) is 9.97 Å². The largest absolute Gasteiger partial charge is 0.357 e. The number of nitrogens with zero attached hydrogens (tertiary/aromatic N) is 5. The van der Waals surface area contributed by atoms with Gasteiger partial charge in [-0.1, -0.05) is 6.07 Å². The third kappa shape index (κ3) is 5.80. The molecule has 1 fully saturated rings. The molecule has 1 saturated heterocycles. The highest BCUT2D eigenvalue weighted by Gasteiger charge is 2.20. The Labute approximate surface area is 176 Å². The van der Waals surface area contributed by atoms with Gasteiger partial charge in [0.2, 0.25) is 0 Å². The molecule has 2 aromatic heterocycles. The molecule has 0 atom stereocenters. The topological polar surface area (TPSA) is 56.7 Å². The van der Waals surface area contributed by atoms with Gasteiger partial charge in [0.15, 0.2) is 5.96 Å². The fourth-order valence-corrected chi connectivity index (χ4v) is 3.56. The molecule has 2 aromatic rings. The number of pyridine rings is 1. The van der Waals surface area contributed by atoms with E-state index in [0.29, 0.717) is 0 Å². The van der Waals surface area contributed by atoms with Gasteiger partial charge in [0.05, 0.1) is 10.7 Å². The molecule has 142 valence electrons. The number of halogens is 1. The van der Waals surface area contributed by atoms with E-state index in [4.69, 9.17) is 4.99 Å². The minimum absolute atomic E-state index is 0. The lowest BCUT2D eigenvalue weighted by molar-refractivity contribution is 0.371. The molecule has 8 heteroatoms. The van der Waals surface area contributed by atoms with Crippen molar-refractivity contribution in [2.24, 2.45) is 4.99 Å². The number of aliphatic imine (C=N–C) groups is 1. The Morgan fingerprint density at radius 1 is 1.27 bits per heavy atom. The van der Waals surface area contributed by atoms with E-state index in [1.54, 1.807) is 11.3 Å². The first-order valence-corrected chi connectivity index (χ1v) is 9.74. The predicted molar refractivity (Wildman–Crippen MR) is 120 cm³/mol. The van der Waals surface area contributed by atoms with Crippen LogP contribution in [0.15, 0.2) is 34.8 Å². The minimum atomic E-state index is 0. The van der Waals surface area contributed by atoms with Crippen LogP contribution in [0.2, 0.25) is 0 Å². The van der Waals surface area contributed by atoms with Crippen molar-refractivity contribution in [3.8, 4) is 0 Å². The van der Waals surface area contributed by atoms with Crippen LogP contribution >= 0.6 is 35.3 Å². The summed E-state index contributed by atoms with van der Waals surface area (Å²) in [4.78, 5) is 18.4. The zero-order valence-electron chi connectivity index (χ0n) is 15.4. The maximum Gasteiger partial charge on any atom is 0.194 e. The highest BCUT2D eigenvalue weighted by atomic mass is 127. The van der Waals surface area contributed by atoms with Crippen molar-refractivity contribution in [3.05, 3.63) is 40.5 Å². The van der Waals surface area contributed by atoms with Crippen molar-refractivity contribution >= 4 is 47.1 Å². The number of hydrogen-bond donors (Lipinski definition) is 1. The zero-order valence-corrected chi connectivity index (χ0v) is 18.5. The van der Waals surface area contributed by atoms with Crippen LogP contribution in [0.5, 0.6) is 0 Å². The van der Waals surface area contributed by atoms with Crippen LogP contribution < -0.4 is 10.2 Å². The molecule has 1 aliphatic heterocycles. The van der Waals surface area contributed by atoms with Crippen LogP contribution in [-0.2, 0) is 6.42 Å².